The molecule has 0 aliphatic heterocycles. The quantitative estimate of drug-likeness (QED) is 0.439. The molecule has 0 amide bonds. The summed E-state index contributed by atoms with van der Waals surface area (Å²) in [5.41, 5.74) is -0.562. The van der Waals surface area contributed by atoms with Gasteiger partial charge in [0.2, 0.25) is 0 Å². The van der Waals surface area contributed by atoms with Crippen LogP contribution in [-0.2, 0) is 14.1 Å². The SMILES string of the molecule is CC[C@H](OC(C)=O)[C@@H](/C=C/CO)P(=O)(c1ccccc1)c1ccccc1. The number of rotatable bonds is 8. The van der Waals surface area contributed by atoms with Crippen molar-refractivity contribution < 1.29 is 19.2 Å². The lowest BCUT2D eigenvalue weighted by Gasteiger charge is -2.32. The van der Waals surface area contributed by atoms with Gasteiger partial charge in [-0.15, -0.1) is 0 Å². The fourth-order valence-corrected chi connectivity index (χ4v) is 6.40. The molecule has 5 heteroatoms. The minimum absolute atomic E-state index is 0.170. The number of carbonyl (C=O) groups excluding carboxylic acids is 1. The number of benzene rings is 2. The highest BCUT2D eigenvalue weighted by atomic mass is 31.2. The van der Waals surface area contributed by atoms with Crippen molar-refractivity contribution in [2.75, 3.05) is 6.61 Å². The second-order valence-corrected chi connectivity index (χ2v) is 8.93. The van der Waals surface area contributed by atoms with Crippen LogP contribution in [0.25, 0.3) is 0 Å². The molecule has 0 aliphatic rings. The number of aliphatic hydroxyl groups excluding tert-OH is 1. The first-order valence-corrected chi connectivity index (χ1v) is 10.5. The Morgan fingerprint density at radius 2 is 1.58 bits per heavy atom. The van der Waals surface area contributed by atoms with Gasteiger partial charge in [0, 0.05) is 17.5 Å². The Balaban J connectivity index is 2.68. The van der Waals surface area contributed by atoms with Crippen molar-refractivity contribution in [1.82, 2.24) is 0 Å². The van der Waals surface area contributed by atoms with E-state index in [4.69, 9.17) is 4.74 Å². The molecule has 2 rings (SSSR count). The maximum atomic E-state index is 14.5. The maximum Gasteiger partial charge on any atom is 0.302 e. The third-order valence-corrected chi connectivity index (χ3v) is 7.71. The molecule has 0 spiro atoms. The second-order valence-electron chi connectivity index (χ2n) is 5.99. The topological polar surface area (TPSA) is 63.6 Å². The summed E-state index contributed by atoms with van der Waals surface area (Å²) in [6, 6.07) is 18.5. The minimum Gasteiger partial charge on any atom is -0.461 e. The zero-order valence-corrected chi connectivity index (χ0v) is 16.0. The summed E-state index contributed by atoms with van der Waals surface area (Å²) in [6.07, 6.45) is 3.25. The van der Waals surface area contributed by atoms with E-state index in [1.54, 1.807) is 12.2 Å². The fraction of sp³-hybridized carbons (Fsp3) is 0.286. The molecule has 0 saturated carbocycles. The van der Waals surface area contributed by atoms with Gasteiger partial charge in [-0.25, -0.2) is 0 Å². The first-order chi connectivity index (χ1) is 12.5. The highest BCUT2D eigenvalue weighted by Crippen LogP contribution is 2.51. The first-order valence-electron chi connectivity index (χ1n) is 8.69. The van der Waals surface area contributed by atoms with Crippen molar-refractivity contribution in [3.63, 3.8) is 0 Å². The van der Waals surface area contributed by atoms with E-state index in [0.29, 0.717) is 17.0 Å². The molecule has 0 saturated heterocycles. The number of carbonyl (C=O) groups is 1. The Hall–Kier alpha value is -2.16. The molecule has 0 heterocycles. The molecule has 26 heavy (non-hydrogen) atoms. The average molecular weight is 372 g/mol. The summed E-state index contributed by atoms with van der Waals surface area (Å²) in [5.74, 6) is -0.410. The number of ether oxygens (including phenoxy) is 1. The number of hydrogen-bond acceptors (Lipinski definition) is 4. The zero-order valence-electron chi connectivity index (χ0n) is 15.1. The van der Waals surface area contributed by atoms with Crippen molar-refractivity contribution in [1.29, 1.82) is 0 Å². The molecule has 4 nitrogen and oxygen atoms in total. The summed E-state index contributed by atoms with van der Waals surface area (Å²) >= 11 is 0. The van der Waals surface area contributed by atoms with Crippen LogP contribution in [-0.4, -0.2) is 29.4 Å². The second kappa shape index (κ2) is 9.51. The van der Waals surface area contributed by atoms with Gasteiger partial charge in [0.1, 0.15) is 6.10 Å². The fourth-order valence-electron chi connectivity index (χ4n) is 3.08. The van der Waals surface area contributed by atoms with Gasteiger partial charge in [-0.3, -0.25) is 4.79 Å². The van der Waals surface area contributed by atoms with Gasteiger partial charge in [0.15, 0.2) is 7.14 Å². The van der Waals surface area contributed by atoms with E-state index in [1.165, 1.54) is 6.92 Å². The van der Waals surface area contributed by atoms with E-state index in [9.17, 15) is 14.5 Å². The van der Waals surface area contributed by atoms with Crippen LogP contribution in [0.15, 0.2) is 72.8 Å². The highest BCUT2D eigenvalue weighted by Gasteiger charge is 2.40. The molecule has 138 valence electrons. The Morgan fingerprint density at radius 1 is 1.08 bits per heavy atom. The normalized spacial score (nSPS) is 14.1. The molecule has 0 bridgehead atoms. The summed E-state index contributed by atoms with van der Waals surface area (Å²) in [4.78, 5) is 11.6. The molecule has 2 atom stereocenters. The molecule has 1 N–H and O–H groups in total. The van der Waals surface area contributed by atoms with Gasteiger partial charge in [-0.05, 0) is 6.42 Å². The van der Waals surface area contributed by atoms with Crippen LogP contribution in [0.5, 0.6) is 0 Å². The van der Waals surface area contributed by atoms with Gasteiger partial charge in [0.25, 0.3) is 0 Å². The van der Waals surface area contributed by atoms with Crippen LogP contribution in [0, 0.1) is 0 Å². The summed E-state index contributed by atoms with van der Waals surface area (Å²) in [7, 11) is -3.17. The van der Waals surface area contributed by atoms with Gasteiger partial charge in [0.05, 0.1) is 12.3 Å². The van der Waals surface area contributed by atoms with Crippen LogP contribution >= 0.6 is 7.14 Å². The highest BCUT2D eigenvalue weighted by molar-refractivity contribution is 7.79. The Labute approximate surface area is 154 Å². The third-order valence-electron chi connectivity index (χ3n) is 4.24. The van der Waals surface area contributed by atoms with Crippen molar-refractivity contribution in [2.45, 2.75) is 32.0 Å². The van der Waals surface area contributed by atoms with Crippen molar-refractivity contribution in [3.05, 3.63) is 72.8 Å². The number of aliphatic hydroxyl groups is 1. The summed E-state index contributed by atoms with van der Waals surface area (Å²) in [5, 5.41) is 10.7. The van der Waals surface area contributed by atoms with Gasteiger partial charge in [-0.1, -0.05) is 79.7 Å². The van der Waals surface area contributed by atoms with Crippen molar-refractivity contribution in [3.8, 4) is 0 Å². The summed E-state index contributed by atoms with van der Waals surface area (Å²) < 4.78 is 20.0. The van der Waals surface area contributed by atoms with Crippen LogP contribution in [0.2, 0.25) is 0 Å². The Bertz CT molecular complexity index is 728. The van der Waals surface area contributed by atoms with Crippen molar-refractivity contribution >= 4 is 23.7 Å². The first kappa shape index (κ1) is 20.2. The van der Waals surface area contributed by atoms with E-state index < -0.39 is 24.9 Å². The molecule has 2 aromatic carbocycles. The largest absolute Gasteiger partial charge is 0.461 e. The molecular formula is C21H25O4P. The lowest BCUT2D eigenvalue weighted by atomic mass is 10.2. The van der Waals surface area contributed by atoms with Gasteiger partial charge >= 0.3 is 5.97 Å². The lowest BCUT2D eigenvalue weighted by molar-refractivity contribution is -0.146. The maximum absolute atomic E-state index is 14.5. The van der Waals surface area contributed by atoms with Crippen LogP contribution in [0.4, 0.5) is 0 Å². The van der Waals surface area contributed by atoms with Crippen LogP contribution in [0.3, 0.4) is 0 Å². The zero-order chi connectivity index (χ0) is 19.0. The van der Waals surface area contributed by atoms with E-state index in [0.717, 1.165) is 0 Å². The van der Waals surface area contributed by atoms with Crippen LogP contribution < -0.4 is 10.6 Å². The molecule has 0 aromatic heterocycles. The van der Waals surface area contributed by atoms with Crippen molar-refractivity contribution in [2.24, 2.45) is 0 Å². The molecule has 0 radical (unpaired) electrons. The minimum atomic E-state index is -3.17. The van der Waals surface area contributed by atoms with E-state index >= 15 is 0 Å². The predicted octanol–water partition coefficient (Wildman–Crippen LogP) is 3.26. The molecule has 2 aromatic rings. The predicted molar refractivity (Wildman–Crippen MR) is 106 cm³/mol. The van der Waals surface area contributed by atoms with E-state index in [1.807, 2.05) is 67.6 Å². The number of hydrogen-bond donors (Lipinski definition) is 1. The standard InChI is InChI=1S/C21H25O4P/c1-3-20(25-17(2)23)21(15-10-16-22)26(24,18-11-6-4-7-12-18)19-13-8-5-9-14-19/h4-15,20-22H,3,16H2,1-2H3/b15-10+/t20-,21+/m0/s1. The Kier molecular flexibility index (Phi) is 7.38. The smallest absolute Gasteiger partial charge is 0.302 e. The molecular weight excluding hydrogens is 347 g/mol. The third kappa shape index (κ3) is 4.51. The van der Waals surface area contributed by atoms with Gasteiger partial charge < -0.3 is 14.4 Å². The molecule has 0 fully saturated rings. The van der Waals surface area contributed by atoms with E-state index in [2.05, 4.69) is 0 Å². The monoisotopic (exact) mass is 372 g/mol. The number of esters is 1. The molecule has 0 unspecified atom stereocenters. The molecule has 0 aliphatic carbocycles. The lowest BCUT2D eigenvalue weighted by Crippen LogP contribution is -2.35. The van der Waals surface area contributed by atoms with Crippen LogP contribution in [0.1, 0.15) is 20.3 Å². The Morgan fingerprint density at radius 3 is 1.96 bits per heavy atom. The average Bonchev–Trinajstić information content (AvgIpc) is 2.68. The van der Waals surface area contributed by atoms with Gasteiger partial charge in [-0.2, -0.15) is 0 Å². The van der Waals surface area contributed by atoms with E-state index in [-0.39, 0.29) is 6.61 Å². The summed E-state index contributed by atoms with van der Waals surface area (Å²) in [6.45, 7) is 3.08.